The monoisotopic (exact) mass is 532 g/mol. The van der Waals surface area contributed by atoms with Gasteiger partial charge in [-0.25, -0.2) is 5.43 Å². The Kier molecular flexibility index (Phi) is 7.04. The van der Waals surface area contributed by atoms with Gasteiger partial charge < -0.3 is 9.84 Å². The number of phenolic OH excluding ortho intramolecular Hbond substituents is 1. The lowest BCUT2D eigenvalue weighted by Gasteiger charge is -2.08. The maximum absolute atomic E-state index is 11.8. The highest BCUT2D eigenvalue weighted by Crippen LogP contribution is 2.38. The fraction of sp³-hybridized carbons (Fsp3) is 0.176. The average molecular weight is 535 g/mol. The second-order valence-electron chi connectivity index (χ2n) is 5.24. The summed E-state index contributed by atoms with van der Waals surface area (Å²) >= 11 is 9.89. The zero-order valence-electron chi connectivity index (χ0n) is 13.4. The van der Waals surface area contributed by atoms with Crippen molar-refractivity contribution < 1.29 is 14.6 Å². The van der Waals surface area contributed by atoms with Crippen LogP contribution in [0.2, 0.25) is 0 Å². The molecule has 0 spiro atoms. The zero-order valence-corrected chi connectivity index (χ0v) is 18.2. The summed E-state index contributed by atoms with van der Waals surface area (Å²) in [6.45, 7) is 3.85. The van der Waals surface area contributed by atoms with Crippen LogP contribution in [0.5, 0.6) is 11.5 Å². The standard InChI is InChI=1S/C17H15Br3N2O3/c1-9-3-4-11(5-10(9)2)25-8-15(23)22-21-7-12-13(18)6-14(19)17(24)16(12)20/h3-7,24H,8H2,1-2H3,(H,22,23)/b21-7+. The third-order valence-electron chi connectivity index (χ3n) is 3.41. The Morgan fingerprint density at radius 1 is 1.20 bits per heavy atom. The fourth-order valence-electron chi connectivity index (χ4n) is 1.87. The SMILES string of the molecule is Cc1ccc(OCC(=O)N/N=C/c2c(Br)cc(Br)c(O)c2Br)cc1C. The molecule has 1 amide bonds. The molecule has 25 heavy (non-hydrogen) atoms. The second-order valence-corrected chi connectivity index (χ2v) is 7.75. The molecule has 0 atom stereocenters. The predicted molar refractivity (Wildman–Crippen MR) is 108 cm³/mol. The molecule has 0 saturated carbocycles. The third-order valence-corrected chi connectivity index (χ3v) is 5.48. The summed E-state index contributed by atoms with van der Waals surface area (Å²) in [6, 6.07) is 7.32. The van der Waals surface area contributed by atoms with Crippen LogP contribution >= 0.6 is 47.8 Å². The molecular formula is C17H15Br3N2O3. The van der Waals surface area contributed by atoms with E-state index in [9.17, 15) is 9.90 Å². The Hall–Kier alpha value is -1.38. The number of carbonyl (C=O) groups excluding carboxylic acids is 1. The first kappa shape index (κ1) is 19.9. The predicted octanol–water partition coefficient (Wildman–Crippen LogP) is 4.83. The molecule has 8 heteroatoms. The van der Waals surface area contributed by atoms with E-state index in [0.29, 0.717) is 24.7 Å². The van der Waals surface area contributed by atoms with E-state index in [1.165, 1.54) is 6.21 Å². The van der Waals surface area contributed by atoms with Gasteiger partial charge in [-0.2, -0.15) is 5.10 Å². The normalized spacial score (nSPS) is 10.9. The number of nitrogens with one attached hydrogen (secondary N) is 1. The molecule has 2 aromatic rings. The van der Waals surface area contributed by atoms with E-state index in [0.717, 1.165) is 11.1 Å². The quantitative estimate of drug-likeness (QED) is 0.426. The van der Waals surface area contributed by atoms with Crippen molar-refractivity contribution >= 4 is 59.9 Å². The van der Waals surface area contributed by atoms with E-state index in [1.807, 2.05) is 32.0 Å². The van der Waals surface area contributed by atoms with Gasteiger partial charge in [-0.3, -0.25) is 4.79 Å². The minimum absolute atomic E-state index is 0.0500. The molecule has 2 N–H and O–H groups in total. The third kappa shape index (κ3) is 5.29. The van der Waals surface area contributed by atoms with Gasteiger partial charge in [0.05, 0.1) is 15.2 Å². The fourth-order valence-corrected chi connectivity index (χ4v) is 4.19. The van der Waals surface area contributed by atoms with E-state index < -0.39 is 0 Å². The van der Waals surface area contributed by atoms with Crippen molar-refractivity contribution in [2.24, 2.45) is 5.10 Å². The number of carbonyl (C=O) groups is 1. The van der Waals surface area contributed by atoms with Crippen molar-refractivity contribution in [3.63, 3.8) is 0 Å². The summed E-state index contributed by atoms with van der Waals surface area (Å²) in [5.74, 6) is 0.294. The summed E-state index contributed by atoms with van der Waals surface area (Å²) < 4.78 is 7.13. The molecule has 0 saturated heterocycles. The van der Waals surface area contributed by atoms with Crippen LogP contribution in [-0.4, -0.2) is 23.8 Å². The molecule has 0 aliphatic heterocycles. The number of benzene rings is 2. The molecule has 2 aromatic carbocycles. The first-order valence-electron chi connectivity index (χ1n) is 7.18. The van der Waals surface area contributed by atoms with Gasteiger partial charge in [-0.05, 0) is 75.0 Å². The van der Waals surface area contributed by atoms with Gasteiger partial charge in [0.2, 0.25) is 0 Å². The number of rotatable bonds is 5. The van der Waals surface area contributed by atoms with Crippen molar-refractivity contribution in [2.75, 3.05) is 6.61 Å². The largest absolute Gasteiger partial charge is 0.506 e. The van der Waals surface area contributed by atoms with Crippen LogP contribution in [0.3, 0.4) is 0 Å². The lowest BCUT2D eigenvalue weighted by Crippen LogP contribution is -2.24. The second kappa shape index (κ2) is 8.82. The molecule has 132 valence electrons. The topological polar surface area (TPSA) is 70.9 Å². The van der Waals surface area contributed by atoms with Crippen LogP contribution in [0.15, 0.2) is 42.8 Å². The van der Waals surface area contributed by atoms with E-state index in [1.54, 1.807) is 6.07 Å². The number of aryl methyl sites for hydroxylation is 2. The van der Waals surface area contributed by atoms with E-state index in [-0.39, 0.29) is 18.3 Å². The first-order chi connectivity index (χ1) is 11.8. The molecule has 0 bridgehead atoms. The number of hydrogen-bond donors (Lipinski definition) is 2. The van der Waals surface area contributed by atoms with E-state index >= 15 is 0 Å². The highest BCUT2D eigenvalue weighted by Gasteiger charge is 2.12. The van der Waals surface area contributed by atoms with Crippen LogP contribution < -0.4 is 10.2 Å². The molecule has 0 unspecified atom stereocenters. The van der Waals surface area contributed by atoms with Crippen LogP contribution in [0.1, 0.15) is 16.7 Å². The van der Waals surface area contributed by atoms with Crippen molar-refractivity contribution in [1.82, 2.24) is 5.43 Å². The molecule has 0 fully saturated rings. The van der Waals surface area contributed by atoms with Gasteiger partial charge in [0.25, 0.3) is 5.91 Å². The average Bonchev–Trinajstić information content (AvgIpc) is 2.57. The highest BCUT2D eigenvalue weighted by molar-refractivity contribution is 9.11. The number of nitrogens with zero attached hydrogens (tertiary/aromatic N) is 1. The van der Waals surface area contributed by atoms with Crippen molar-refractivity contribution in [3.05, 3.63) is 54.4 Å². The molecule has 0 aliphatic rings. The van der Waals surface area contributed by atoms with Gasteiger partial charge >= 0.3 is 0 Å². The van der Waals surface area contributed by atoms with Crippen molar-refractivity contribution in [2.45, 2.75) is 13.8 Å². The van der Waals surface area contributed by atoms with Crippen LogP contribution in [-0.2, 0) is 4.79 Å². The van der Waals surface area contributed by atoms with E-state index in [2.05, 4.69) is 58.3 Å². The lowest BCUT2D eigenvalue weighted by molar-refractivity contribution is -0.123. The van der Waals surface area contributed by atoms with Gasteiger partial charge in [0, 0.05) is 10.0 Å². The number of hydrazone groups is 1. The van der Waals surface area contributed by atoms with Crippen molar-refractivity contribution in [3.8, 4) is 11.5 Å². The summed E-state index contributed by atoms with van der Waals surface area (Å²) in [6.07, 6.45) is 1.42. The summed E-state index contributed by atoms with van der Waals surface area (Å²) in [4.78, 5) is 11.8. The van der Waals surface area contributed by atoms with Crippen LogP contribution in [0.25, 0.3) is 0 Å². The highest BCUT2D eigenvalue weighted by atomic mass is 79.9. The smallest absolute Gasteiger partial charge is 0.277 e. The first-order valence-corrected chi connectivity index (χ1v) is 9.56. The van der Waals surface area contributed by atoms with Gasteiger partial charge in [-0.15, -0.1) is 0 Å². The Morgan fingerprint density at radius 3 is 2.60 bits per heavy atom. The number of phenols is 1. The van der Waals surface area contributed by atoms with E-state index in [4.69, 9.17) is 4.74 Å². The molecular weight excluding hydrogens is 520 g/mol. The molecule has 0 aliphatic carbocycles. The molecule has 0 radical (unpaired) electrons. The number of halogens is 3. The number of amides is 1. The van der Waals surface area contributed by atoms with Crippen LogP contribution in [0, 0.1) is 13.8 Å². The summed E-state index contributed by atoms with van der Waals surface area (Å²) in [7, 11) is 0. The summed E-state index contributed by atoms with van der Waals surface area (Å²) in [5, 5.41) is 13.8. The maximum Gasteiger partial charge on any atom is 0.277 e. The molecule has 0 heterocycles. The van der Waals surface area contributed by atoms with Crippen LogP contribution in [0.4, 0.5) is 0 Å². The van der Waals surface area contributed by atoms with Crippen molar-refractivity contribution in [1.29, 1.82) is 0 Å². The maximum atomic E-state index is 11.8. The molecule has 5 nitrogen and oxygen atoms in total. The minimum Gasteiger partial charge on any atom is -0.506 e. The Bertz CT molecular complexity index is 838. The number of hydrogen-bond acceptors (Lipinski definition) is 4. The minimum atomic E-state index is -0.386. The zero-order chi connectivity index (χ0) is 18.6. The molecule has 0 aromatic heterocycles. The van der Waals surface area contributed by atoms with Gasteiger partial charge in [0.1, 0.15) is 11.5 Å². The Labute approximate surface area is 170 Å². The Balaban J connectivity index is 1.95. The van der Waals surface area contributed by atoms with Gasteiger partial charge in [0.15, 0.2) is 6.61 Å². The van der Waals surface area contributed by atoms with Gasteiger partial charge in [-0.1, -0.05) is 22.0 Å². The molecule has 2 rings (SSSR count). The lowest BCUT2D eigenvalue weighted by atomic mass is 10.1. The summed E-state index contributed by atoms with van der Waals surface area (Å²) in [5.41, 5.74) is 5.24. The Morgan fingerprint density at radius 2 is 1.92 bits per heavy atom. The number of ether oxygens (including phenoxy) is 1. The number of aromatic hydroxyl groups is 1.